The normalized spacial score (nSPS) is 16.6. The number of rotatable bonds is 6. The number of aliphatic imine (C=N–C) groups is 1. The molecule has 0 aromatic carbocycles. The summed E-state index contributed by atoms with van der Waals surface area (Å²) in [5.41, 5.74) is 6.60. The summed E-state index contributed by atoms with van der Waals surface area (Å²) in [5, 5.41) is 11.9. The molecular weight excluding hydrogens is 178 g/mol. The highest BCUT2D eigenvalue weighted by Gasteiger charge is 2.08. The van der Waals surface area contributed by atoms with E-state index in [0.717, 1.165) is 5.57 Å². The molecule has 0 rings (SSSR count). The molecule has 0 bridgehead atoms. The van der Waals surface area contributed by atoms with Gasteiger partial charge in [0.2, 0.25) is 0 Å². The van der Waals surface area contributed by atoms with E-state index in [1.807, 2.05) is 13.8 Å². The molecule has 0 aliphatic carbocycles. The molecule has 14 heavy (non-hydrogen) atoms. The highest BCUT2D eigenvalue weighted by molar-refractivity contribution is 5.32. The predicted molar refractivity (Wildman–Crippen MR) is 60.1 cm³/mol. The first-order valence-corrected chi connectivity index (χ1v) is 4.49. The van der Waals surface area contributed by atoms with Crippen LogP contribution in [0.2, 0.25) is 0 Å². The minimum absolute atomic E-state index is 0.0373. The summed E-state index contributed by atoms with van der Waals surface area (Å²) in [6.07, 6.45) is 1.63. The monoisotopic (exact) mass is 197 g/mol. The van der Waals surface area contributed by atoms with Gasteiger partial charge in [0, 0.05) is 12.1 Å². The number of hydrogen-bond acceptors (Lipinski definition) is 4. The van der Waals surface area contributed by atoms with E-state index >= 15 is 0 Å². The van der Waals surface area contributed by atoms with Gasteiger partial charge in [0.15, 0.2) is 0 Å². The Morgan fingerprint density at radius 1 is 1.71 bits per heavy atom. The Kier molecular flexibility index (Phi) is 5.83. The second-order valence-corrected chi connectivity index (χ2v) is 3.18. The minimum atomic E-state index is -0.242. The maximum absolute atomic E-state index is 8.86. The van der Waals surface area contributed by atoms with Crippen LogP contribution in [0.3, 0.4) is 0 Å². The van der Waals surface area contributed by atoms with E-state index in [4.69, 9.17) is 10.8 Å². The van der Waals surface area contributed by atoms with Crippen molar-refractivity contribution in [3.8, 4) is 0 Å². The van der Waals surface area contributed by atoms with Gasteiger partial charge in [-0.2, -0.15) is 0 Å². The molecule has 0 saturated carbocycles. The third-order valence-corrected chi connectivity index (χ3v) is 1.94. The van der Waals surface area contributed by atoms with Crippen molar-refractivity contribution in [2.24, 2.45) is 10.7 Å². The van der Waals surface area contributed by atoms with Crippen LogP contribution < -0.4 is 11.1 Å². The molecular formula is C10H19N3O. The third kappa shape index (κ3) is 3.72. The van der Waals surface area contributed by atoms with E-state index in [9.17, 15) is 0 Å². The Morgan fingerprint density at radius 2 is 2.29 bits per heavy atom. The summed E-state index contributed by atoms with van der Waals surface area (Å²) in [6.45, 7) is 10.8. The lowest BCUT2D eigenvalue weighted by atomic mass is 10.1. The summed E-state index contributed by atoms with van der Waals surface area (Å²) < 4.78 is 0. The number of nitrogens with two attached hydrogens (primary N) is 1. The lowest BCUT2D eigenvalue weighted by Crippen LogP contribution is -2.31. The molecule has 0 aliphatic heterocycles. The van der Waals surface area contributed by atoms with Crippen LogP contribution in [0, 0.1) is 0 Å². The molecule has 0 aromatic heterocycles. The van der Waals surface area contributed by atoms with Crippen molar-refractivity contribution in [3.05, 3.63) is 24.0 Å². The van der Waals surface area contributed by atoms with Gasteiger partial charge < -0.3 is 16.2 Å². The van der Waals surface area contributed by atoms with E-state index in [1.54, 1.807) is 6.08 Å². The molecule has 0 radical (unpaired) electrons. The van der Waals surface area contributed by atoms with Crippen LogP contribution in [0.25, 0.3) is 0 Å². The van der Waals surface area contributed by atoms with E-state index in [2.05, 4.69) is 23.6 Å². The molecule has 0 amide bonds. The van der Waals surface area contributed by atoms with Crippen LogP contribution in [0.5, 0.6) is 0 Å². The maximum Gasteiger partial charge on any atom is 0.126 e. The third-order valence-electron chi connectivity index (χ3n) is 1.94. The van der Waals surface area contributed by atoms with Crippen LogP contribution in [-0.2, 0) is 0 Å². The van der Waals surface area contributed by atoms with Gasteiger partial charge in [0.25, 0.3) is 0 Å². The Labute approximate surface area is 85.2 Å². The van der Waals surface area contributed by atoms with Gasteiger partial charge in [-0.3, -0.25) is 0 Å². The van der Waals surface area contributed by atoms with E-state index in [1.165, 1.54) is 0 Å². The fourth-order valence-electron chi connectivity index (χ4n) is 0.898. The Bertz CT molecular complexity index is 236. The average molecular weight is 197 g/mol. The van der Waals surface area contributed by atoms with E-state index in [0.29, 0.717) is 5.82 Å². The number of hydrogen-bond donors (Lipinski definition) is 3. The molecule has 4 nitrogen and oxygen atoms in total. The largest absolute Gasteiger partial charge is 0.394 e. The van der Waals surface area contributed by atoms with Gasteiger partial charge in [-0.25, -0.2) is 4.99 Å². The number of nitrogens with zero attached hydrogens (tertiary/aromatic N) is 1. The summed E-state index contributed by atoms with van der Waals surface area (Å²) in [7, 11) is 0. The first-order chi connectivity index (χ1) is 6.56. The Balaban J connectivity index is 4.66. The lowest BCUT2D eigenvalue weighted by molar-refractivity contribution is 0.258. The molecule has 0 fully saturated rings. The Hall–Kier alpha value is -1.13. The molecule has 0 heterocycles. The van der Waals surface area contributed by atoms with Gasteiger partial charge in [-0.1, -0.05) is 6.08 Å². The summed E-state index contributed by atoms with van der Waals surface area (Å²) in [5.74, 6) is 0.610. The van der Waals surface area contributed by atoms with Gasteiger partial charge >= 0.3 is 0 Å². The molecule has 0 aromatic rings. The Morgan fingerprint density at radius 3 is 2.64 bits per heavy atom. The van der Waals surface area contributed by atoms with Crippen molar-refractivity contribution in [1.82, 2.24) is 5.32 Å². The van der Waals surface area contributed by atoms with Crippen LogP contribution in [0.1, 0.15) is 13.8 Å². The lowest BCUT2D eigenvalue weighted by Gasteiger charge is -2.17. The van der Waals surface area contributed by atoms with Crippen molar-refractivity contribution in [2.75, 3.05) is 6.61 Å². The maximum atomic E-state index is 8.86. The van der Waals surface area contributed by atoms with E-state index < -0.39 is 0 Å². The standard InChI is InChI=1S/C10H19N3O/c1-5-9(11)8(3)10(12-4)13-7(2)6-14/h5,7,9,13-14H,1,4,6,11H2,2-3H3/b10-8+/t7-,9?/m1/s1. The highest BCUT2D eigenvalue weighted by atomic mass is 16.3. The van der Waals surface area contributed by atoms with Crippen molar-refractivity contribution in [2.45, 2.75) is 25.9 Å². The number of aliphatic hydroxyl groups excluding tert-OH is 1. The first-order valence-electron chi connectivity index (χ1n) is 4.49. The summed E-state index contributed by atoms with van der Waals surface area (Å²) >= 11 is 0. The highest BCUT2D eigenvalue weighted by Crippen LogP contribution is 2.07. The molecule has 80 valence electrons. The second-order valence-electron chi connectivity index (χ2n) is 3.18. The van der Waals surface area contributed by atoms with Crippen molar-refractivity contribution in [3.63, 3.8) is 0 Å². The first kappa shape index (κ1) is 12.9. The van der Waals surface area contributed by atoms with Crippen LogP contribution in [-0.4, -0.2) is 30.5 Å². The van der Waals surface area contributed by atoms with Gasteiger partial charge in [-0.15, -0.1) is 6.58 Å². The molecule has 0 aliphatic rings. The van der Waals surface area contributed by atoms with Crippen molar-refractivity contribution < 1.29 is 5.11 Å². The molecule has 2 atom stereocenters. The second kappa shape index (κ2) is 6.34. The smallest absolute Gasteiger partial charge is 0.126 e. The molecule has 4 heteroatoms. The topological polar surface area (TPSA) is 70.6 Å². The van der Waals surface area contributed by atoms with E-state index in [-0.39, 0.29) is 18.7 Å². The summed E-state index contributed by atoms with van der Waals surface area (Å²) in [6, 6.07) is -0.309. The SMILES string of the molecule is C=CC(N)/C(C)=C(\N=C)N[C@H](C)CO. The van der Waals surface area contributed by atoms with Crippen molar-refractivity contribution in [1.29, 1.82) is 0 Å². The summed E-state index contributed by atoms with van der Waals surface area (Å²) in [4.78, 5) is 3.82. The van der Waals surface area contributed by atoms with Gasteiger partial charge in [-0.05, 0) is 26.1 Å². The predicted octanol–water partition coefficient (Wildman–Crippen LogP) is 0.402. The quantitative estimate of drug-likeness (QED) is 0.426. The fourth-order valence-corrected chi connectivity index (χ4v) is 0.898. The molecule has 4 N–H and O–H groups in total. The zero-order valence-corrected chi connectivity index (χ0v) is 8.83. The number of nitrogens with one attached hydrogen (secondary N) is 1. The van der Waals surface area contributed by atoms with Gasteiger partial charge in [0.05, 0.1) is 6.61 Å². The molecule has 1 unspecified atom stereocenters. The average Bonchev–Trinajstić information content (AvgIpc) is 2.23. The van der Waals surface area contributed by atoms with Crippen molar-refractivity contribution >= 4 is 6.72 Å². The molecule has 0 spiro atoms. The fraction of sp³-hybridized carbons (Fsp3) is 0.500. The van der Waals surface area contributed by atoms with Crippen LogP contribution >= 0.6 is 0 Å². The molecule has 0 saturated heterocycles. The van der Waals surface area contributed by atoms with Crippen LogP contribution in [0.4, 0.5) is 0 Å². The number of aliphatic hydroxyl groups is 1. The van der Waals surface area contributed by atoms with Gasteiger partial charge in [0.1, 0.15) is 5.82 Å². The minimum Gasteiger partial charge on any atom is -0.394 e. The zero-order valence-electron chi connectivity index (χ0n) is 8.83. The zero-order chi connectivity index (χ0) is 11.1. The van der Waals surface area contributed by atoms with Crippen LogP contribution in [0.15, 0.2) is 29.0 Å².